The predicted molar refractivity (Wildman–Crippen MR) is 74.8 cm³/mol. The second kappa shape index (κ2) is 5.22. The van der Waals surface area contributed by atoms with E-state index in [9.17, 15) is 13.2 Å². The van der Waals surface area contributed by atoms with Crippen molar-refractivity contribution in [3.63, 3.8) is 0 Å². The predicted octanol–water partition coefficient (Wildman–Crippen LogP) is 1.22. The highest BCUT2D eigenvalue weighted by Crippen LogP contribution is 2.28. The summed E-state index contributed by atoms with van der Waals surface area (Å²) < 4.78 is 26.5. The molecule has 1 aromatic heterocycles. The average Bonchev–Trinajstić information content (AvgIpc) is 2.69. The highest BCUT2D eigenvalue weighted by Gasteiger charge is 2.30. The van der Waals surface area contributed by atoms with E-state index in [1.165, 1.54) is 22.6 Å². The first-order valence-electron chi connectivity index (χ1n) is 6.15. The van der Waals surface area contributed by atoms with Crippen LogP contribution in [0.3, 0.4) is 0 Å². The molecule has 106 valence electrons. The Balaban J connectivity index is 2.19. The molecule has 1 fully saturated rings. The van der Waals surface area contributed by atoms with E-state index in [1.54, 1.807) is 11.0 Å². The standard InChI is InChI=1S/C12H18N2O3S2/c1-9-8-12(10(2)18-9)19(16,17)14-6-4-13(5-7-14)11(3)15/h8H,4-7H2,1-3H3. The number of amides is 1. The molecule has 5 nitrogen and oxygen atoms in total. The third kappa shape index (κ3) is 2.82. The van der Waals surface area contributed by atoms with Crippen LogP contribution in [0.25, 0.3) is 0 Å². The van der Waals surface area contributed by atoms with Crippen molar-refractivity contribution in [1.29, 1.82) is 0 Å². The average molecular weight is 302 g/mol. The number of aryl methyl sites for hydroxylation is 2. The summed E-state index contributed by atoms with van der Waals surface area (Å²) in [7, 11) is -3.42. The monoisotopic (exact) mass is 302 g/mol. The van der Waals surface area contributed by atoms with Crippen LogP contribution in [-0.2, 0) is 14.8 Å². The van der Waals surface area contributed by atoms with E-state index in [0.29, 0.717) is 31.1 Å². The molecule has 0 saturated carbocycles. The second-order valence-corrected chi connectivity index (χ2v) is 8.05. The molecule has 1 amide bonds. The highest BCUT2D eigenvalue weighted by atomic mass is 32.2. The van der Waals surface area contributed by atoms with E-state index in [1.807, 2.05) is 13.8 Å². The summed E-state index contributed by atoms with van der Waals surface area (Å²) in [5, 5.41) is 0. The number of carbonyl (C=O) groups excluding carboxylic acids is 1. The van der Waals surface area contributed by atoms with Crippen molar-refractivity contribution in [3.05, 3.63) is 15.8 Å². The molecule has 2 rings (SSSR count). The van der Waals surface area contributed by atoms with Gasteiger partial charge in [0.05, 0.1) is 4.90 Å². The lowest BCUT2D eigenvalue weighted by Gasteiger charge is -2.33. The molecule has 0 aromatic carbocycles. The quantitative estimate of drug-likeness (QED) is 0.825. The Bertz CT molecular complexity index is 584. The summed E-state index contributed by atoms with van der Waals surface area (Å²) in [5.41, 5.74) is 0. The molecule has 0 N–H and O–H groups in total. The number of hydrogen-bond donors (Lipinski definition) is 0. The number of rotatable bonds is 2. The highest BCUT2D eigenvalue weighted by molar-refractivity contribution is 7.89. The van der Waals surface area contributed by atoms with Gasteiger partial charge in [-0.25, -0.2) is 8.42 Å². The van der Waals surface area contributed by atoms with Gasteiger partial charge in [0.1, 0.15) is 0 Å². The van der Waals surface area contributed by atoms with Crippen molar-refractivity contribution in [2.45, 2.75) is 25.7 Å². The van der Waals surface area contributed by atoms with Crippen molar-refractivity contribution < 1.29 is 13.2 Å². The van der Waals surface area contributed by atoms with Crippen LogP contribution >= 0.6 is 11.3 Å². The fourth-order valence-corrected chi connectivity index (χ4v) is 5.19. The van der Waals surface area contributed by atoms with Crippen LogP contribution in [0.4, 0.5) is 0 Å². The van der Waals surface area contributed by atoms with Gasteiger partial charge in [0.15, 0.2) is 0 Å². The van der Waals surface area contributed by atoms with E-state index >= 15 is 0 Å². The van der Waals surface area contributed by atoms with Gasteiger partial charge in [0, 0.05) is 42.9 Å². The molecule has 1 aliphatic rings. The molecule has 0 radical (unpaired) electrons. The van der Waals surface area contributed by atoms with Gasteiger partial charge in [0.25, 0.3) is 0 Å². The zero-order valence-corrected chi connectivity index (χ0v) is 13.0. The van der Waals surface area contributed by atoms with Gasteiger partial charge in [0.2, 0.25) is 15.9 Å². The molecule has 19 heavy (non-hydrogen) atoms. The topological polar surface area (TPSA) is 57.7 Å². The molecule has 1 saturated heterocycles. The van der Waals surface area contributed by atoms with Crippen molar-refractivity contribution in [2.75, 3.05) is 26.2 Å². The Morgan fingerprint density at radius 2 is 1.79 bits per heavy atom. The molecule has 0 bridgehead atoms. The SMILES string of the molecule is CC(=O)N1CCN(S(=O)(=O)c2cc(C)sc2C)CC1. The fourth-order valence-electron chi connectivity index (χ4n) is 2.25. The van der Waals surface area contributed by atoms with Crippen LogP contribution < -0.4 is 0 Å². The van der Waals surface area contributed by atoms with Gasteiger partial charge < -0.3 is 4.90 Å². The number of sulfonamides is 1. The molecule has 0 aliphatic carbocycles. The van der Waals surface area contributed by atoms with Crippen molar-refractivity contribution in [2.24, 2.45) is 0 Å². The third-order valence-corrected chi connectivity index (χ3v) is 6.42. The van der Waals surface area contributed by atoms with Crippen LogP contribution in [0.5, 0.6) is 0 Å². The van der Waals surface area contributed by atoms with E-state index in [0.717, 1.165) is 9.75 Å². The zero-order valence-electron chi connectivity index (χ0n) is 11.3. The minimum atomic E-state index is -3.42. The molecule has 0 spiro atoms. The van der Waals surface area contributed by atoms with Gasteiger partial charge in [-0.3, -0.25) is 4.79 Å². The summed E-state index contributed by atoms with van der Waals surface area (Å²) in [6.07, 6.45) is 0. The summed E-state index contributed by atoms with van der Waals surface area (Å²) in [6.45, 7) is 6.93. The first-order chi connectivity index (χ1) is 8.82. The van der Waals surface area contributed by atoms with Crippen LogP contribution in [0.2, 0.25) is 0 Å². The van der Waals surface area contributed by atoms with Gasteiger partial charge in [-0.05, 0) is 19.9 Å². The third-order valence-electron chi connectivity index (χ3n) is 3.30. The van der Waals surface area contributed by atoms with Crippen LogP contribution in [0.15, 0.2) is 11.0 Å². The summed E-state index contributed by atoms with van der Waals surface area (Å²) in [4.78, 5) is 15.2. The van der Waals surface area contributed by atoms with Crippen molar-refractivity contribution >= 4 is 27.3 Å². The lowest BCUT2D eigenvalue weighted by molar-refractivity contribution is -0.129. The second-order valence-electron chi connectivity index (χ2n) is 4.69. The summed E-state index contributed by atoms with van der Waals surface area (Å²) >= 11 is 1.50. The minimum absolute atomic E-state index is 0.000365. The molecule has 0 atom stereocenters. The number of nitrogens with zero attached hydrogens (tertiary/aromatic N) is 2. The van der Waals surface area contributed by atoms with Crippen LogP contribution in [0.1, 0.15) is 16.7 Å². The van der Waals surface area contributed by atoms with E-state index in [4.69, 9.17) is 0 Å². The van der Waals surface area contributed by atoms with Gasteiger partial charge in [-0.15, -0.1) is 11.3 Å². The Hall–Kier alpha value is -0.920. The fraction of sp³-hybridized carbons (Fsp3) is 0.583. The number of piperazine rings is 1. The lowest BCUT2D eigenvalue weighted by atomic mass is 10.3. The van der Waals surface area contributed by atoms with E-state index in [-0.39, 0.29) is 5.91 Å². The molecular formula is C12H18N2O3S2. The Morgan fingerprint density at radius 3 is 2.21 bits per heavy atom. The molecule has 0 unspecified atom stereocenters. The van der Waals surface area contributed by atoms with Crippen molar-refractivity contribution in [3.8, 4) is 0 Å². The van der Waals surface area contributed by atoms with Gasteiger partial charge in [-0.1, -0.05) is 0 Å². The number of hydrogen-bond acceptors (Lipinski definition) is 4. The first-order valence-corrected chi connectivity index (χ1v) is 8.40. The Kier molecular flexibility index (Phi) is 3.98. The molecular weight excluding hydrogens is 284 g/mol. The van der Waals surface area contributed by atoms with E-state index in [2.05, 4.69) is 0 Å². The van der Waals surface area contributed by atoms with Crippen LogP contribution in [-0.4, -0.2) is 49.7 Å². The van der Waals surface area contributed by atoms with Crippen LogP contribution in [0, 0.1) is 13.8 Å². The lowest BCUT2D eigenvalue weighted by Crippen LogP contribution is -2.49. The van der Waals surface area contributed by atoms with Gasteiger partial charge in [-0.2, -0.15) is 4.31 Å². The summed E-state index contributed by atoms with van der Waals surface area (Å²) in [5.74, 6) is -0.000365. The summed E-state index contributed by atoms with van der Waals surface area (Å²) in [6, 6.07) is 1.73. The molecule has 7 heteroatoms. The van der Waals surface area contributed by atoms with Gasteiger partial charge >= 0.3 is 0 Å². The minimum Gasteiger partial charge on any atom is -0.340 e. The number of carbonyl (C=O) groups is 1. The maximum atomic E-state index is 12.5. The maximum absolute atomic E-state index is 12.5. The molecule has 1 aliphatic heterocycles. The number of thiophene rings is 1. The Morgan fingerprint density at radius 1 is 1.21 bits per heavy atom. The zero-order chi connectivity index (χ0) is 14.2. The van der Waals surface area contributed by atoms with Crippen molar-refractivity contribution in [1.82, 2.24) is 9.21 Å². The normalized spacial score (nSPS) is 17.7. The maximum Gasteiger partial charge on any atom is 0.244 e. The smallest absolute Gasteiger partial charge is 0.244 e. The molecule has 2 heterocycles. The largest absolute Gasteiger partial charge is 0.340 e. The molecule has 1 aromatic rings. The first kappa shape index (κ1) is 14.5. The van der Waals surface area contributed by atoms with E-state index < -0.39 is 10.0 Å². The Labute approximate surface area is 117 Å².